The van der Waals surface area contributed by atoms with Gasteiger partial charge in [0.15, 0.2) is 0 Å². The highest BCUT2D eigenvalue weighted by Gasteiger charge is 2.14. The van der Waals surface area contributed by atoms with E-state index >= 15 is 0 Å². The van der Waals surface area contributed by atoms with E-state index in [1.807, 2.05) is 31.2 Å². The van der Waals surface area contributed by atoms with E-state index in [-0.39, 0.29) is 12.1 Å². The summed E-state index contributed by atoms with van der Waals surface area (Å²) in [5.74, 6) is 0. The van der Waals surface area contributed by atoms with Crippen LogP contribution in [0, 0.1) is 0 Å². The minimum absolute atomic E-state index is 0.0175. The van der Waals surface area contributed by atoms with Crippen molar-refractivity contribution in [2.24, 2.45) is 5.73 Å². The molecule has 1 aliphatic rings. The van der Waals surface area contributed by atoms with Crippen LogP contribution in [0.15, 0.2) is 24.3 Å². The first kappa shape index (κ1) is 14.9. The lowest BCUT2D eigenvalue weighted by Gasteiger charge is -2.17. The first-order valence-electron chi connectivity index (χ1n) is 7.58. The van der Waals surface area contributed by atoms with Crippen LogP contribution in [0.25, 0.3) is 0 Å². The third kappa shape index (κ3) is 4.53. The largest absolute Gasteiger partial charge is 0.335 e. The van der Waals surface area contributed by atoms with Crippen molar-refractivity contribution in [1.29, 1.82) is 0 Å². The van der Waals surface area contributed by atoms with Crippen molar-refractivity contribution in [2.45, 2.75) is 57.5 Å². The summed E-state index contributed by atoms with van der Waals surface area (Å²) in [5.41, 5.74) is 7.68. The molecule has 1 fully saturated rings. The molecule has 1 aromatic rings. The summed E-state index contributed by atoms with van der Waals surface area (Å²) in [7, 11) is 0. The van der Waals surface area contributed by atoms with Gasteiger partial charge >= 0.3 is 6.03 Å². The normalized spacial score (nSPS) is 18.1. The molecule has 110 valence electrons. The molecular formula is C16H25N3O. The number of benzene rings is 1. The number of urea groups is 1. The average Bonchev–Trinajstić information content (AvgIpc) is 2.68. The first-order valence-corrected chi connectivity index (χ1v) is 7.58. The molecule has 0 bridgehead atoms. The fourth-order valence-electron chi connectivity index (χ4n) is 2.65. The molecule has 0 heterocycles. The van der Waals surface area contributed by atoms with Crippen LogP contribution in [-0.4, -0.2) is 12.1 Å². The van der Waals surface area contributed by atoms with Gasteiger partial charge in [-0.1, -0.05) is 37.8 Å². The lowest BCUT2D eigenvalue weighted by atomic mass is 10.1. The van der Waals surface area contributed by atoms with Crippen molar-refractivity contribution in [1.82, 2.24) is 5.32 Å². The maximum absolute atomic E-state index is 12.0. The Morgan fingerprint density at radius 2 is 1.75 bits per heavy atom. The quantitative estimate of drug-likeness (QED) is 0.738. The standard InChI is InChI=1S/C16H25N3O/c1-12(17)13-8-10-15(11-9-13)19-16(20)18-14-6-4-2-3-5-7-14/h8-12,14H,2-7,17H2,1H3,(H2,18,19,20). The molecule has 0 aromatic heterocycles. The molecule has 0 aliphatic heterocycles. The third-order valence-corrected chi connectivity index (χ3v) is 3.88. The van der Waals surface area contributed by atoms with Crippen LogP contribution in [0.5, 0.6) is 0 Å². The van der Waals surface area contributed by atoms with E-state index in [2.05, 4.69) is 10.6 Å². The molecule has 1 aromatic carbocycles. The van der Waals surface area contributed by atoms with E-state index in [1.165, 1.54) is 25.7 Å². The minimum atomic E-state index is -0.106. The van der Waals surface area contributed by atoms with Gasteiger partial charge in [-0.05, 0) is 37.5 Å². The van der Waals surface area contributed by atoms with Crippen LogP contribution in [0.1, 0.15) is 57.1 Å². The second-order valence-corrected chi connectivity index (χ2v) is 5.70. The highest BCUT2D eigenvalue weighted by molar-refractivity contribution is 5.89. The maximum atomic E-state index is 12.0. The van der Waals surface area contributed by atoms with E-state index in [1.54, 1.807) is 0 Å². The number of anilines is 1. The van der Waals surface area contributed by atoms with Gasteiger partial charge in [0.1, 0.15) is 0 Å². The van der Waals surface area contributed by atoms with Crippen molar-refractivity contribution in [3.05, 3.63) is 29.8 Å². The number of amides is 2. The Kier molecular flexibility index (Phi) is 5.41. The fraction of sp³-hybridized carbons (Fsp3) is 0.562. The maximum Gasteiger partial charge on any atom is 0.319 e. The van der Waals surface area contributed by atoms with Gasteiger partial charge < -0.3 is 16.4 Å². The van der Waals surface area contributed by atoms with Gasteiger partial charge in [0.05, 0.1) is 0 Å². The molecule has 2 amide bonds. The molecule has 0 saturated heterocycles. The van der Waals surface area contributed by atoms with Gasteiger partial charge in [-0.15, -0.1) is 0 Å². The van der Waals surface area contributed by atoms with Crippen molar-refractivity contribution in [3.63, 3.8) is 0 Å². The molecule has 1 aliphatic carbocycles. The second kappa shape index (κ2) is 7.29. The zero-order valence-electron chi connectivity index (χ0n) is 12.2. The molecule has 20 heavy (non-hydrogen) atoms. The number of hydrogen-bond acceptors (Lipinski definition) is 2. The van der Waals surface area contributed by atoms with Gasteiger partial charge in [-0.3, -0.25) is 0 Å². The molecule has 1 saturated carbocycles. The van der Waals surface area contributed by atoms with Crippen LogP contribution in [-0.2, 0) is 0 Å². The highest BCUT2D eigenvalue weighted by Crippen LogP contribution is 2.18. The van der Waals surface area contributed by atoms with Crippen LogP contribution in [0.2, 0.25) is 0 Å². The van der Waals surface area contributed by atoms with Crippen molar-refractivity contribution in [3.8, 4) is 0 Å². The smallest absolute Gasteiger partial charge is 0.319 e. The zero-order valence-corrected chi connectivity index (χ0v) is 12.2. The molecule has 4 N–H and O–H groups in total. The molecular weight excluding hydrogens is 250 g/mol. The summed E-state index contributed by atoms with van der Waals surface area (Å²) in [4.78, 5) is 12.0. The average molecular weight is 275 g/mol. The minimum Gasteiger partial charge on any atom is -0.335 e. The third-order valence-electron chi connectivity index (χ3n) is 3.88. The van der Waals surface area contributed by atoms with Gasteiger partial charge in [-0.25, -0.2) is 4.79 Å². The van der Waals surface area contributed by atoms with E-state index in [0.29, 0.717) is 6.04 Å². The highest BCUT2D eigenvalue weighted by atomic mass is 16.2. The fourth-order valence-corrected chi connectivity index (χ4v) is 2.65. The number of rotatable bonds is 3. The second-order valence-electron chi connectivity index (χ2n) is 5.70. The lowest BCUT2D eigenvalue weighted by molar-refractivity contribution is 0.247. The summed E-state index contributed by atoms with van der Waals surface area (Å²) >= 11 is 0. The van der Waals surface area contributed by atoms with Crippen LogP contribution in [0.3, 0.4) is 0 Å². The number of nitrogens with one attached hydrogen (secondary N) is 2. The predicted molar refractivity (Wildman–Crippen MR) is 82.7 cm³/mol. The van der Waals surface area contributed by atoms with E-state index in [4.69, 9.17) is 5.73 Å². The van der Waals surface area contributed by atoms with Gasteiger partial charge in [0.2, 0.25) is 0 Å². The van der Waals surface area contributed by atoms with E-state index in [0.717, 1.165) is 24.1 Å². The molecule has 2 rings (SSSR count). The Bertz CT molecular complexity index is 420. The molecule has 0 radical (unpaired) electrons. The summed E-state index contributed by atoms with van der Waals surface area (Å²) in [5, 5.41) is 5.95. The van der Waals surface area contributed by atoms with Crippen molar-refractivity contribution < 1.29 is 4.79 Å². The van der Waals surface area contributed by atoms with Crippen LogP contribution in [0.4, 0.5) is 10.5 Å². The molecule has 1 unspecified atom stereocenters. The Labute approximate surface area is 121 Å². The first-order chi connectivity index (χ1) is 9.65. The number of carbonyl (C=O) groups excluding carboxylic acids is 1. The summed E-state index contributed by atoms with van der Waals surface area (Å²) < 4.78 is 0. The summed E-state index contributed by atoms with van der Waals surface area (Å²) in [6.45, 7) is 1.95. The Morgan fingerprint density at radius 3 is 2.30 bits per heavy atom. The van der Waals surface area contributed by atoms with Gasteiger partial charge in [0.25, 0.3) is 0 Å². The van der Waals surface area contributed by atoms with Crippen molar-refractivity contribution >= 4 is 11.7 Å². The Morgan fingerprint density at radius 1 is 1.15 bits per heavy atom. The number of hydrogen-bond donors (Lipinski definition) is 3. The SMILES string of the molecule is CC(N)c1ccc(NC(=O)NC2CCCCCC2)cc1. The summed E-state index contributed by atoms with van der Waals surface area (Å²) in [6, 6.07) is 7.92. The predicted octanol–water partition coefficient (Wildman–Crippen LogP) is 3.55. The Balaban J connectivity index is 1.84. The number of nitrogens with two attached hydrogens (primary N) is 1. The van der Waals surface area contributed by atoms with Gasteiger partial charge in [0, 0.05) is 17.8 Å². The number of carbonyl (C=O) groups is 1. The molecule has 4 heteroatoms. The van der Waals surface area contributed by atoms with Gasteiger partial charge in [-0.2, -0.15) is 0 Å². The lowest BCUT2D eigenvalue weighted by Crippen LogP contribution is -2.37. The van der Waals surface area contributed by atoms with Crippen molar-refractivity contribution in [2.75, 3.05) is 5.32 Å². The Hall–Kier alpha value is -1.55. The molecule has 4 nitrogen and oxygen atoms in total. The molecule has 1 atom stereocenters. The summed E-state index contributed by atoms with van der Waals surface area (Å²) in [6.07, 6.45) is 7.20. The zero-order chi connectivity index (χ0) is 14.4. The molecule has 0 spiro atoms. The topological polar surface area (TPSA) is 67.1 Å². The van der Waals surface area contributed by atoms with E-state index < -0.39 is 0 Å². The van der Waals surface area contributed by atoms with Crippen LogP contribution >= 0.6 is 0 Å². The van der Waals surface area contributed by atoms with Crippen LogP contribution < -0.4 is 16.4 Å². The monoisotopic (exact) mass is 275 g/mol. The van der Waals surface area contributed by atoms with E-state index in [9.17, 15) is 4.79 Å².